The average molecular weight is 283 g/mol. The predicted molar refractivity (Wildman–Crippen MR) is 89.3 cm³/mol. The summed E-state index contributed by atoms with van der Waals surface area (Å²) >= 11 is 0. The molecule has 0 atom stereocenters. The quantitative estimate of drug-likeness (QED) is 0.732. The van der Waals surface area contributed by atoms with E-state index in [4.69, 9.17) is 0 Å². The topological polar surface area (TPSA) is 22.0 Å². The molecule has 2 rings (SSSR count). The number of hydrogen-bond acceptors (Lipinski definition) is 1. The van der Waals surface area contributed by atoms with Crippen molar-refractivity contribution in [3.8, 4) is 5.69 Å². The van der Waals surface area contributed by atoms with Crippen molar-refractivity contribution in [1.29, 1.82) is 0 Å². The summed E-state index contributed by atoms with van der Waals surface area (Å²) in [5.74, 6) is 0. The number of nitrogens with zero attached hydrogens (tertiary/aromatic N) is 1. The number of aromatic nitrogens is 1. The number of rotatable bonds is 7. The van der Waals surface area contributed by atoms with Gasteiger partial charge in [0, 0.05) is 16.9 Å². The first-order valence-corrected chi connectivity index (χ1v) is 8.07. The molecule has 0 aliphatic heterocycles. The molecule has 0 aliphatic rings. The Morgan fingerprint density at radius 3 is 2.19 bits per heavy atom. The molecule has 0 fully saturated rings. The minimum atomic E-state index is 0.156. The molecule has 2 heteroatoms. The number of benzene rings is 1. The lowest BCUT2D eigenvalue weighted by molar-refractivity contribution is 0.728. The van der Waals surface area contributed by atoms with E-state index >= 15 is 0 Å². The van der Waals surface area contributed by atoms with E-state index in [1.807, 2.05) is 41.0 Å². The summed E-state index contributed by atoms with van der Waals surface area (Å²) in [6, 6.07) is 14.2. The van der Waals surface area contributed by atoms with Gasteiger partial charge < -0.3 is 0 Å². The van der Waals surface area contributed by atoms with Crippen LogP contribution in [0.5, 0.6) is 0 Å². The Morgan fingerprint density at radius 2 is 1.52 bits per heavy atom. The summed E-state index contributed by atoms with van der Waals surface area (Å²) in [5.41, 5.74) is 3.18. The molecule has 0 aliphatic carbocycles. The second-order valence-corrected chi connectivity index (χ2v) is 5.53. The van der Waals surface area contributed by atoms with Crippen molar-refractivity contribution >= 4 is 0 Å². The van der Waals surface area contributed by atoms with E-state index in [0.717, 1.165) is 55.5 Å². The van der Waals surface area contributed by atoms with Gasteiger partial charge in [0.2, 0.25) is 0 Å². The lowest BCUT2D eigenvalue weighted by Crippen LogP contribution is -2.25. The number of para-hydroxylation sites is 1. The van der Waals surface area contributed by atoms with Crippen LogP contribution in [-0.2, 0) is 12.8 Å². The number of pyridine rings is 1. The molecule has 1 aromatic carbocycles. The lowest BCUT2D eigenvalue weighted by atomic mass is 10.1. The Morgan fingerprint density at radius 1 is 0.857 bits per heavy atom. The minimum absolute atomic E-state index is 0.156. The van der Waals surface area contributed by atoms with E-state index in [2.05, 4.69) is 19.9 Å². The SMILES string of the molecule is CCCCc1ccc(CCCC)n(-c2ccccc2)c1=O. The maximum absolute atomic E-state index is 12.8. The highest BCUT2D eigenvalue weighted by molar-refractivity contribution is 5.35. The van der Waals surface area contributed by atoms with Crippen molar-refractivity contribution in [2.24, 2.45) is 0 Å². The van der Waals surface area contributed by atoms with Crippen molar-refractivity contribution in [2.45, 2.75) is 52.4 Å². The number of aryl methyl sites for hydroxylation is 2. The Balaban J connectivity index is 2.48. The van der Waals surface area contributed by atoms with Gasteiger partial charge in [0.25, 0.3) is 5.56 Å². The van der Waals surface area contributed by atoms with Crippen LogP contribution in [0.15, 0.2) is 47.3 Å². The smallest absolute Gasteiger partial charge is 0.258 e. The lowest BCUT2D eigenvalue weighted by Gasteiger charge is -2.14. The highest BCUT2D eigenvalue weighted by Crippen LogP contribution is 2.13. The van der Waals surface area contributed by atoms with Gasteiger partial charge >= 0.3 is 0 Å². The fraction of sp³-hybridized carbons (Fsp3) is 0.421. The molecule has 0 radical (unpaired) electrons. The van der Waals surface area contributed by atoms with Crippen molar-refractivity contribution in [3.05, 3.63) is 64.1 Å². The van der Waals surface area contributed by atoms with Crippen LogP contribution in [0.2, 0.25) is 0 Å². The molecule has 2 aromatic rings. The van der Waals surface area contributed by atoms with Gasteiger partial charge in [-0.2, -0.15) is 0 Å². The van der Waals surface area contributed by atoms with Crippen LogP contribution in [0.3, 0.4) is 0 Å². The zero-order chi connectivity index (χ0) is 15.1. The summed E-state index contributed by atoms with van der Waals surface area (Å²) < 4.78 is 1.90. The molecular weight excluding hydrogens is 258 g/mol. The van der Waals surface area contributed by atoms with Crippen LogP contribution in [0.4, 0.5) is 0 Å². The molecule has 112 valence electrons. The van der Waals surface area contributed by atoms with Gasteiger partial charge in [-0.3, -0.25) is 9.36 Å². The Kier molecular flexibility index (Phi) is 5.79. The summed E-state index contributed by atoms with van der Waals surface area (Å²) in [7, 11) is 0. The van der Waals surface area contributed by atoms with Crippen molar-refractivity contribution in [1.82, 2.24) is 4.57 Å². The molecule has 0 saturated carbocycles. The number of hydrogen-bond donors (Lipinski definition) is 0. The van der Waals surface area contributed by atoms with Crippen LogP contribution >= 0.6 is 0 Å². The fourth-order valence-electron chi connectivity index (χ4n) is 2.59. The number of unbranched alkanes of at least 4 members (excludes halogenated alkanes) is 2. The van der Waals surface area contributed by atoms with Crippen LogP contribution < -0.4 is 5.56 Å². The zero-order valence-electron chi connectivity index (χ0n) is 13.1. The third kappa shape index (κ3) is 3.84. The Labute approximate surface area is 127 Å². The standard InChI is InChI=1S/C19H25NO/c1-3-5-10-16-14-15-18(11-6-4-2)20(19(16)21)17-12-8-7-9-13-17/h7-9,12-15H,3-6,10-11H2,1-2H3. The maximum atomic E-state index is 12.8. The van der Waals surface area contributed by atoms with Crippen LogP contribution in [0.25, 0.3) is 5.69 Å². The molecule has 0 N–H and O–H groups in total. The molecule has 0 unspecified atom stereocenters. The first-order chi connectivity index (χ1) is 10.3. The van der Waals surface area contributed by atoms with Gasteiger partial charge in [0.1, 0.15) is 0 Å². The second-order valence-electron chi connectivity index (χ2n) is 5.53. The molecule has 0 saturated heterocycles. The maximum Gasteiger partial charge on any atom is 0.258 e. The summed E-state index contributed by atoms with van der Waals surface area (Å²) in [4.78, 5) is 12.8. The largest absolute Gasteiger partial charge is 0.281 e. The molecule has 0 amide bonds. The molecular formula is C19H25NO. The van der Waals surface area contributed by atoms with Gasteiger partial charge in [-0.05, 0) is 43.9 Å². The third-order valence-corrected chi connectivity index (χ3v) is 3.84. The van der Waals surface area contributed by atoms with Gasteiger partial charge in [-0.15, -0.1) is 0 Å². The van der Waals surface area contributed by atoms with Gasteiger partial charge in [0.05, 0.1) is 0 Å². The van der Waals surface area contributed by atoms with E-state index in [0.29, 0.717) is 0 Å². The molecule has 21 heavy (non-hydrogen) atoms. The molecule has 0 spiro atoms. The minimum Gasteiger partial charge on any atom is -0.281 e. The average Bonchev–Trinajstić information content (AvgIpc) is 2.52. The zero-order valence-corrected chi connectivity index (χ0v) is 13.1. The first kappa shape index (κ1) is 15.6. The van der Waals surface area contributed by atoms with Gasteiger partial charge in [-0.1, -0.05) is 51.0 Å². The van der Waals surface area contributed by atoms with Gasteiger partial charge in [-0.25, -0.2) is 0 Å². The van der Waals surface area contributed by atoms with E-state index in [-0.39, 0.29) is 5.56 Å². The van der Waals surface area contributed by atoms with E-state index in [1.165, 1.54) is 0 Å². The molecule has 0 bridgehead atoms. The third-order valence-electron chi connectivity index (χ3n) is 3.84. The van der Waals surface area contributed by atoms with E-state index < -0.39 is 0 Å². The highest BCUT2D eigenvalue weighted by atomic mass is 16.1. The highest BCUT2D eigenvalue weighted by Gasteiger charge is 2.10. The first-order valence-electron chi connectivity index (χ1n) is 8.07. The second kappa shape index (κ2) is 7.82. The van der Waals surface area contributed by atoms with Crippen LogP contribution in [-0.4, -0.2) is 4.57 Å². The van der Waals surface area contributed by atoms with Crippen molar-refractivity contribution in [3.63, 3.8) is 0 Å². The molecule has 1 aromatic heterocycles. The summed E-state index contributed by atoms with van der Waals surface area (Å²) in [6.45, 7) is 4.34. The van der Waals surface area contributed by atoms with Crippen molar-refractivity contribution in [2.75, 3.05) is 0 Å². The van der Waals surface area contributed by atoms with Crippen LogP contribution in [0.1, 0.15) is 50.8 Å². The van der Waals surface area contributed by atoms with Crippen molar-refractivity contribution < 1.29 is 0 Å². The predicted octanol–water partition coefficient (Wildman–Crippen LogP) is 4.52. The summed E-state index contributed by atoms with van der Waals surface area (Å²) in [5, 5.41) is 0. The van der Waals surface area contributed by atoms with Crippen LogP contribution in [0, 0.1) is 0 Å². The Hall–Kier alpha value is -1.83. The van der Waals surface area contributed by atoms with E-state index in [9.17, 15) is 4.79 Å². The Bertz CT molecular complexity index is 613. The molecule has 2 nitrogen and oxygen atoms in total. The fourth-order valence-corrected chi connectivity index (χ4v) is 2.59. The monoisotopic (exact) mass is 283 g/mol. The summed E-state index contributed by atoms with van der Waals surface area (Å²) in [6.07, 6.45) is 6.26. The van der Waals surface area contributed by atoms with E-state index in [1.54, 1.807) is 0 Å². The normalized spacial score (nSPS) is 10.8. The molecule has 1 heterocycles. The van der Waals surface area contributed by atoms with Gasteiger partial charge in [0.15, 0.2) is 0 Å².